The Kier molecular flexibility index (Phi) is 4.35. The van der Waals surface area contributed by atoms with Gasteiger partial charge in [-0.25, -0.2) is 0 Å². The van der Waals surface area contributed by atoms with Crippen LogP contribution in [0, 0.1) is 5.92 Å². The molecule has 0 amide bonds. The second kappa shape index (κ2) is 5.10. The van der Waals surface area contributed by atoms with Crippen LogP contribution in [0.4, 0.5) is 0 Å². The van der Waals surface area contributed by atoms with Crippen molar-refractivity contribution in [1.82, 2.24) is 0 Å². The first-order valence-corrected chi connectivity index (χ1v) is 5.55. The lowest BCUT2D eigenvalue weighted by atomic mass is 9.83. The topological polar surface area (TPSA) is 44.5 Å². The maximum atomic E-state index is 6.23. The second-order valence-electron chi connectivity index (χ2n) is 4.51. The molecule has 0 saturated carbocycles. The molecular formula is C11H23NO2. The normalized spacial score (nSPS) is 22.3. The average molecular weight is 201 g/mol. The SMILES string of the molecule is CCOC(C)(C)C(N)C1CCOCC1. The van der Waals surface area contributed by atoms with Crippen molar-refractivity contribution >= 4 is 0 Å². The molecule has 1 heterocycles. The Morgan fingerprint density at radius 2 is 2.00 bits per heavy atom. The molecule has 1 rings (SSSR count). The largest absolute Gasteiger partial charge is 0.381 e. The first-order chi connectivity index (χ1) is 6.58. The predicted molar refractivity (Wildman–Crippen MR) is 57.2 cm³/mol. The molecule has 0 aliphatic carbocycles. The zero-order valence-corrected chi connectivity index (χ0v) is 9.58. The van der Waals surface area contributed by atoms with Crippen molar-refractivity contribution in [3.05, 3.63) is 0 Å². The summed E-state index contributed by atoms with van der Waals surface area (Å²) in [5.41, 5.74) is 6.02. The van der Waals surface area contributed by atoms with Crippen LogP contribution in [0.2, 0.25) is 0 Å². The summed E-state index contributed by atoms with van der Waals surface area (Å²) >= 11 is 0. The molecule has 1 aliphatic heterocycles. The number of hydrogen-bond acceptors (Lipinski definition) is 3. The van der Waals surface area contributed by atoms with Crippen molar-refractivity contribution in [2.75, 3.05) is 19.8 Å². The summed E-state index contributed by atoms with van der Waals surface area (Å²) in [5, 5.41) is 0. The van der Waals surface area contributed by atoms with E-state index in [0.717, 1.165) is 32.7 Å². The van der Waals surface area contributed by atoms with Gasteiger partial charge in [-0.15, -0.1) is 0 Å². The summed E-state index contributed by atoms with van der Waals surface area (Å²) < 4.78 is 11.0. The van der Waals surface area contributed by atoms with Crippen molar-refractivity contribution in [2.24, 2.45) is 11.7 Å². The van der Waals surface area contributed by atoms with Crippen LogP contribution in [0.25, 0.3) is 0 Å². The quantitative estimate of drug-likeness (QED) is 0.750. The highest BCUT2D eigenvalue weighted by Gasteiger charge is 2.34. The van der Waals surface area contributed by atoms with Gasteiger partial charge >= 0.3 is 0 Å². The molecule has 0 aromatic heterocycles. The first kappa shape index (κ1) is 12.0. The van der Waals surface area contributed by atoms with E-state index in [1.165, 1.54) is 0 Å². The standard InChI is InChI=1S/C11H23NO2/c1-4-14-11(2,3)10(12)9-5-7-13-8-6-9/h9-10H,4-8,12H2,1-3H3. The van der Waals surface area contributed by atoms with Crippen molar-refractivity contribution in [1.29, 1.82) is 0 Å². The van der Waals surface area contributed by atoms with E-state index in [1.807, 2.05) is 6.92 Å². The molecule has 1 aliphatic rings. The summed E-state index contributed by atoms with van der Waals surface area (Å²) in [6.07, 6.45) is 2.13. The molecule has 0 radical (unpaired) electrons. The summed E-state index contributed by atoms with van der Waals surface area (Å²) in [4.78, 5) is 0. The van der Waals surface area contributed by atoms with E-state index in [9.17, 15) is 0 Å². The van der Waals surface area contributed by atoms with E-state index in [-0.39, 0.29) is 11.6 Å². The van der Waals surface area contributed by atoms with Gasteiger partial charge in [0.05, 0.1) is 5.60 Å². The third-order valence-corrected chi connectivity index (χ3v) is 3.09. The van der Waals surface area contributed by atoms with Gasteiger partial charge in [-0.3, -0.25) is 0 Å². The highest BCUT2D eigenvalue weighted by atomic mass is 16.5. The van der Waals surface area contributed by atoms with E-state index < -0.39 is 0 Å². The van der Waals surface area contributed by atoms with Gasteiger partial charge in [0.15, 0.2) is 0 Å². The molecule has 1 unspecified atom stereocenters. The highest BCUT2D eigenvalue weighted by Crippen LogP contribution is 2.26. The minimum Gasteiger partial charge on any atom is -0.381 e. The molecular weight excluding hydrogens is 178 g/mol. The Balaban J connectivity index is 2.48. The molecule has 84 valence electrons. The van der Waals surface area contributed by atoms with Gasteiger partial charge in [0, 0.05) is 25.9 Å². The van der Waals surface area contributed by atoms with Crippen LogP contribution in [0.5, 0.6) is 0 Å². The Hall–Kier alpha value is -0.120. The van der Waals surface area contributed by atoms with Crippen LogP contribution in [0.1, 0.15) is 33.6 Å². The lowest BCUT2D eigenvalue weighted by molar-refractivity contribution is -0.0572. The summed E-state index contributed by atoms with van der Waals surface area (Å²) in [6, 6.07) is 0.117. The van der Waals surface area contributed by atoms with Gasteiger partial charge in [-0.1, -0.05) is 0 Å². The van der Waals surface area contributed by atoms with E-state index in [2.05, 4.69) is 13.8 Å². The van der Waals surface area contributed by atoms with Crippen LogP contribution in [-0.2, 0) is 9.47 Å². The van der Waals surface area contributed by atoms with Gasteiger partial charge in [-0.05, 0) is 39.5 Å². The molecule has 0 aromatic rings. The lowest BCUT2D eigenvalue weighted by Gasteiger charge is -2.38. The van der Waals surface area contributed by atoms with Crippen LogP contribution < -0.4 is 5.73 Å². The van der Waals surface area contributed by atoms with Crippen LogP contribution in [0.3, 0.4) is 0 Å². The third kappa shape index (κ3) is 2.94. The highest BCUT2D eigenvalue weighted by molar-refractivity contribution is 4.89. The zero-order chi connectivity index (χ0) is 10.6. The van der Waals surface area contributed by atoms with E-state index >= 15 is 0 Å². The van der Waals surface area contributed by atoms with Gasteiger partial charge in [-0.2, -0.15) is 0 Å². The fourth-order valence-electron chi connectivity index (χ4n) is 2.11. The molecule has 1 atom stereocenters. The Labute approximate surface area is 86.9 Å². The van der Waals surface area contributed by atoms with Gasteiger partial charge in [0.2, 0.25) is 0 Å². The van der Waals surface area contributed by atoms with E-state index in [1.54, 1.807) is 0 Å². The minimum atomic E-state index is -0.212. The number of hydrogen-bond donors (Lipinski definition) is 1. The molecule has 14 heavy (non-hydrogen) atoms. The Bertz CT molecular complexity index is 165. The minimum absolute atomic E-state index is 0.117. The van der Waals surface area contributed by atoms with Gasteiger partial charge in [0.1, 0.15) is 0 Å². The number of nitrogens with two attached hydrogens (primary N) is 1. The molecule has 2 N–H and O–H groups in total. The maximum absolute atomic E-state index is 6.23. The second-order valence-corrected chi connectivity index (χ2v) is 4.51. The first-order valence-electron chi connectivity index (χ1n) is 5.55. The molecule has 1 fully saturated rings. The molecule has 0 aromatic carbocycles. The fraction of sp³-hybridized carbons (Fsp3) is 1.00. The van der Waals surface area contributed by atoms with Crippen molar-refractivity contribution in [3.8, 4) is 0 Å². The lowest BCUT2D eigenvalue weighted by Crippen LogP contribution is -2.51. The van der Waals surface area contributed by atoms with Gasteiger partial charge < -0.3 is 15.2 Å². The van der Waals surface area contributed by atoms with Gasteiger partial charge in [0.25, 0.3) is 0 Å². The van der Waals surface area contributed by atoms with E-state index in [0.29, 0.717) is 5.92 Å². The van der Waals surface area contributed by atoms with Crippen LogP contribution in [-0.4, -0.2) is 31.5 Å². The van der Waals surface area contributed by atoms with Crippen LogP contribution >= 0.6 is 0 Å². The average Bonchev–Trinajstić information content (AvgIpc) is 2.18. The maximum Gasteiger partial charge on any atom is 0.0779 e. The van der Waals surface area contributed by atoms with Crippen molar-refractivity contribution in [2.45, 2.75) is 45.3 Å². The summed E-state index contributed by atoms with van der Waals surface area (Å²) in [6.45, 7) is 8.59. The van der Waals surface area contributed by atoms with Crippen LogP contribution in [0.15, 0.2) is 0 Å². The predicted octanol–water partition coefficient (Wildman–Crippen LogP) is 1.56. The molecule has 3 nitrogen and oxygen atoms in total. The fourth-order valence-corrected chi connectivity index (χ4v) is 2.11. The Morgan fingerprint density at radius 1 is 1.43 bits per heavy atom. The zero-order valence-electron chi connectivity index (χ0n) is 9.58. The molecule has 3 heteroatoms. The summed E-state index contributed by atoms with van der Waals surface area (Å²) in [5.74, 6) is 0.547. The smallest absolute Gasteiger partial charge is 0.0779 e. The Morgan fingerprint density at radius 3 is 2.50 bits per heavy atom. The van der Waals surface area contributed by atoms with E-state index in [4.69, 9.17) is 15.2 Å². The number of ether oxygens (including phenoxy) is 2. The van der Waals surface area contributed by atoms with Crippen molar-refractivity contribution < 1.29 is 9.47 Å². The summed E-state index contributed by atoms with van der Waals surface area (Å²) in [7, 11) is 0. The van der Waals surface area contributed by atoms with Crippen molar-refractivity contribution in [3.63, 3.8) is 0 Å². The molecule has 0 bridgehead atoms. The molecule has 0 spiro atoms. The number of rotatable bonds is 4. The molecule has 1 saturated heterocycles. The monoisotopic (exact) mass is 201 g/mol. The third-order valence-electron chi connectivity index (χ3n) is 3.09.